The molecule has 4 nitrogen and oxygen atoms in total. The van der Waals surface area contributed by atoms with Crippen molar-refractivity contribution < 1.29 is 9.90 Å². The molecule has 22 heavy (non-hydrogen) atoms. The third-order valence-corrected chi connectivity index (χ3v) is 3.30. The third-order valence-electron chi connectivity index (χ3n) is 3.30. The lowest BCUT2D eigenvalue weighted by molar-refractivity contribution is 0.0952. The highest BCUT2D eigenvalue weighted by atomic mass is 16.3. The standard InChI is InChI=1S/C18H14N2O2/c21-17-8-4-3-7-16(17)18(22)20-19-12-13-9-10-14-5-1-2-6-15(14)11-13/h1-12,21H,(H,20,22)/b19-12-. The topological polar surface area (TPSA) is 61.7 Å². The zero-order valence-electron chi connectivity index (χ0n) is 11.7. The van der Waals surface area contributed by atoms with Crippen LogP contribution in [0.4, 0.5) is 0 Å². The highest BCUT2D eigenvalue weighted by Crippen LogP contribution is 2.16. The highest BCUT2D eigenvalue weighted by Gasteiger charge is 2.08. The zero-order valence-corrected chi connectivity index (χ0v) is 11.7. The quantitative estimate of drug-likeness (QED) is 0.574. The van der Waals surface area contributed by atoms with Crippen LogP contribution >= 0.6 is 0 Å². The summed E-state index contributed by atoms with van der Waals surface area (Å²) in [6.07, 6.45) is 1.57. The van der Waals surface area contributed by atoms with Crippen LogP contribution in [0, 0.1) is 0 Å². The van der Waals surface area contributed by atoms with E-state index in [0.717, 1.165) is 16.3 Å². The molecule has 3 rings (SSSR count). The van der Waals surface area contributed by atoms with E-state index < -0.39 is 5.91 Å². The van der Waals surface area contributed by atoms with E-state index in [1.165, 1.54) is 12.1 Å². The molecule has 4 heteroatoms. The summed E-state index contributed by atoms with van der Waals surface area (Å²) in [5, 5.41) is 15.8. The van der Waals surface area contributed by atoms with Crippen LogP contribution in [-0.2, 0) is 0 Å². The van der Waals surface area contributed by atoms with Gasteiger partial charge in [-0.3, -0.25) is 4.79 Å². The van der Waals surface area contributed by atoms with Crippen molar-refractivity contribution in [2.75, 3.05) is 0 Å². The van der Waals surface area contributed by atoms with E-state index in [1.807, 2.05) is 42.5 Å². The predicted molar refractivity (Wildman–Crippen MR) is 87.1 cm³/mol. The first-order valence-electron chi connectivity index (χ1n) is 6.84. The van der Waals surface area contributed by atoms with Crippen LogP contribution in [0.25, 0.3) is 10.8 Å². The first-order chi connectivity index (χ1) is 10.7. The van der Waals surface area contributed by atoms with Gasteiger partial charge >= 0.3 is 0 Å². The molecule has 0 aliphatic carbocycles. The number of fused-ring (bicyclic) bond motifs is 1. The molecule has 0 aromatic heterocycles. The monoisotopic (exact) mass is 290 g/mol. The maximum Gasteiger partial charge on any atom is 0.275 e. The number of amides is 1. The average molecular weight is 290 g/mol. The van der Waals surface area contributed by atoms with E-state index in [9.17, 15) is 9.90 Å². The molecule has 3 aromatic carbocycles. The van der Waals surface area contributed by atoms with Crippen LogP contribution < -0.4 is 5.43 Å². The highest BCUT2D eigenvalue weighted by molar-refractivity contribution is 5.97. The fourth-order valence-electron chi connectivity index (χ4n) is 2.18. The van der Waals surface area contributed by atoms with Crippen molar-refractivity contribution in [3.63, 3.8) is 0 Å². The molecule has 0 bridgehead atoms. The van der Waals surface area contributed by atoms with Gasteiger partial charge in [0.15, 0.2) is 0 Å². The second-order valence-corrected chi connectivity index (χ2v) is 4.82. The molecule has 3 aromatic rings. The number of aromatic hydroxyl groups is 1. The first kappa shape index (κ1) is 13.8. The van der Waals surface area contributed by atoms with Crippen LogP contribution in [0.3, 0.4) is 0 Å². The normalized spacial score (nSPS) is 10.9. The summed E-state index contributed by atoms with van der Waals surface area (Å²) in [7, 11) is 0. The third kappa shape index (κ3) is 2.96. The van der Waals surface area contributed by atoms with Crippen molar-refractivity contribution in [3.8, 4) is 5.75 Å². The van der Waals surface area contributed by atoms with Gasteiger partial charge in [0.2, 0.25) is 0 Å². The molecule has 0 saturated carbocycles. The number of nitrogens with one attached hydrogen (secondary N) is 1. The Morgan fingerprint density at radius 3 is 2.50 bits per heavy atom. The van der Waals surface area contributed by atoms with Gasteiger partial charge in [-0.25, -0.2) is 5.43 Å². The largest absolute Gasteiger partial charge is 0.507 e. The zero-order chi connectivity index (χ0) is 15.4. The summed E-state index contributed by atoms with van der Waals surface area (Å²) in [6, 6.07) is 20.3. The van der Waals surface area contributed by atoms with Gasteiger partial charge in [-0.15, -0.1) is 0 Å². The van der Waals surface area contributed by atoms with Crippen molar-refractivity contribution in [3.05, 3.63) is 77.9 Å². The second-order valence-electron chi connectivity index (χ2n) is 4.82. The Labute approximate surface area is 127 Å². The fraction of sp³-hybridized carbons (Fsp3) is 0. The van der Waals surface area contributed by atoms with Crippen molar-refractivity contribution in [2.45, 2.75) is 0 Å². The first-order valence-corrected chi connectivity index (χ1v) is 6.84. The Bertz CT molecular complexity index is 856. The number of hydrogen-bond acceptors (Lipinski definition) is 3. The van der Waals surface area contributed by atoms with E-state index in [-0.39, 0.29) is 11.3 Å². The van der Waals surface area contributed by atoms with Crippen LogP contribution in [0.5, 0.6) is 5.75 Å². The van der Waals surface area contributed by atoms with Gasteiger partial charge in [0.25, 0.3) is 5.91 Å². The lowest BCUT2D eigenvalue weighted by atomic mass is 10.1. The lowest BCUT2D eigenvalue weighted by Gasteiger charge is -2.02. The number of hydrazone groups is 1. The van der Waals surface area contributed by atoms with E-state index >= 15 is 0 Å². The molecule has 0 aliphatic rings. The Hall–Kier alpha value is -3.14. The number of benzene rings is 3. The van der Waals surface area contributed by atoms with Crippen LogP contribution in [0.1, 0.15) is 15.9 Å². The van der Waals surface area contributed by atoms with E-state index in [2.05, 4.69) is 10.5 Å². The van der Waals surface area contributed by atoms with Crippen molar-refractivity contribution in [1.29, 1.82) is 0 Å². The van der Waals surface area contributed by atoms with Gasteiger partial charge in [0.1, 0.15) is 5.75 Å². The van der Waals surface area contributed by atoms with Gasteiger partial charge in [-0.2, -0.15) is 5.10 Å². The molecular formula is C18H14N2O2. The number of carbonyl (C=O) groups is 1. The molecule has 0 radical (unpaired) electrons. The molecule has 0 unspecified atom stereocenters. The minimum Gasteiger partial charge on any atom is -0.507 e. The summed E-state index contributed by atoms with van der Waals surface area (Å²) in [5.74, 6) is -0.518. The van der Waals surface area contributed by atoms with Crippen LogP contribution in [0.2, 0.25) is 0 Å². The number of phenolic OH excluding ortho intramolecular Hbond substituents is 1. The van der Waals surface area contributed by atoms with Gasteiger partial charge in [0, 0.05) is 0 Å². The molecule has 108 valence electrons. The Morgan fingerprint density at radius 1 is 0.955 bits per heavy atom. The number of hydrogen-bond donors (Lipinski definition) is 2. The summed E-state index contributed by atoms with van der Waals surface area (Å²) >= 11 is 0. The van der Waals surface area contributed by atoms with Gasteiger partial charge in [-0.1, -0.05) is 48.5 Å². The molecule has 0 atom stereocenters. The molecule has 0 saturated heterocycles. The maximum absolute atomic E-state index is 11.9. The Balaban J connectivity index is 1.73. The summed E-state index contributed by atoms with van der Waals surface area (Å²) in [5.41, 5.74) is 3.49. The number of nitrogens with zero attached hydrogens (tertiary/aromatic N) is 1. The minimum atomic E-state index is -0.449. The van der Waals surface area contributed by atoms with E-state index in [4.69, 9.17) is 0 Å². The SMILES string of the molecule is O=C(N/N=C\c1ccc2ccccc2c1)c1ccccc1O. The van der Waals surface area contributed by atoms with Crippen LogP contribution in [0.15, 0.2) is 71.8 Å². The smallest absolute Gasteiger partial charge is 0.275 e. The maximum atomic E-state index is 11.9. The molecule has 0 aliphatic heterocycles. The number of rotatable bonds is 3. The van der Waals surface area contributed by atoms with Crippen molar-refractivity contribution >= 4 is 22.9 Å². The molecule has 2 N–H and O–H groups in total. The average Bonchev–Trinajstić information content (AvgIpc) is 2.55. The predicted octanol–water partition coefficient (Wildman–Crippen LogP) is 3.31. The van der Waals surface area contributed by atoms with E-state index in [0.29, 0.717) is 0 Å². The Kier molecular flexibility index (Phi) is 3.83. The lowest BCUT2D eigenvalue weighted by Crippen LogP contribution is -2.17. The number of phenols is 1. The second kappa shape index (κ2) is 6.10. The van der Waals surface area contributed by atoms with Gasteiger partial charge in [-0.05, 0) is 34.5 Å². The van der Waals surface area contributed by atoms with Crippen molar-refractivity contribution in [1.82, 2.24) is 5.43 Å². The summed E-state index contributed by atoms with van der Waals surface area (Å²) in [4.78, 5) is 11.9. The number of para-hydroxylation sites is 1. The van der Waals surface area contributed by atoms with E-state index in [1.54, 1.807) is 18.3 Å². The Morgan fingerprint density at radius 2 is 1.68 bits per heavy atom. The van der Waals surface area contributed by atoms with Gasteiger partial charge in [0.05, 0.1) is 11.8 Å². The van der Waals surface area contributed by atoms with Crippen molar-refractivity contribution in [2.24, 2.45) is 5.10 Å². The molecule has 0 heterocycles. The van der Waals surface area contributed by atoms with Crippen LogP contribution in [-0.4, -0.2) is 17.2 Å². The molecule has 0 spiro atoms. The summed E-state index contributed by atoms with van der Waals surface area (Å²) in [6.45, 7) is 0. The molecule has 0 fully saturated rings. The number of carbonyl (C=O) groups excluding carboxylic acids is 1. The minimum absolute atomic E-state index is 0.0686. The molecular weight excluding hydrogens is 276 g/mol. The molecule has 1 amide bonds. The summed E-state index contributed by atoms with van der Waals surface area (Å²) < 4.78 is 0. The van der Waals surface area contributed by atoms with Gasteiger partial charge < -0.3 is 5.11 Å². The fourth-order valence-corrected chi connectivity index (χ4v) is 2.18.